The van der Waals surface area contributed by atoms with Crippen molar-refractivity contribution in [2.24, 2.45) is 5.92 Å². The van der Waals surface area contributed by atoms with Crippen LogP contribution in [0.25, 0.3) is 0 Å². The lowest BCUT2D eigenvalue weighted by molar-refractivity contribution is -0.0405. The molecule has 1 rings (SSSR count). The summed E-state index contributed by atoms with van der Waals surface area (Å²) in [7, 11) is 0. The zero-order chi connectivity index (χ0) is 9.90. The molecule has 0 spiro atoms. The van der Waals surface area contributed by atoms with Crippen LogP contribution in [0.1, 0.15) is 46.5 Å². The Morgan fingerprint density at radius 3 is 2.69 bits per heavy atom. The molecule has 2 atom stereocenters. The van der Waals surface area contributed by atoms with Crippen molar-refractivity contribution >= 4 is 0 Å². The summed E-state index contributed by atoms with van der Waals surface area (Å²) in [6, 6.07) is 0.471. The molecule has 0 amide bonds. The van der Waals surface area contributed by atoms with Crippen LogP contribution in [0.5, 0.6) is 0 Å². The van der Waals surface area contributed by atoms with Crippen molar-refractivity contribution in [2.75, 3.05) is 6.54 Å². The van der Waals surface area contributed by atoms with E-state index in [1.54, 1.807) is 0 Å². The van der Waals surface area contributed by atoms with Crippen molar-refractivity contribution in [2.45, 2.75) is 58.1 Å². The molecule has 0 radical (unpaired) electrons. The van der Waals surface area contributed by atoms with Crippen LogP contribution >= 0.6 is 0 Å². The van der Waals surface area contributed by atoms with Gasteiger partial charge in [-0.2, -0.15) is 0 Å². The van der Waals surface area contributed by atoms with Gasteiger partial charge in [-0.05, 0) is 18.8 Å². The summed E-state index contributed by atoms with van der Waals surface area (Å²) < 4.78 is 0. The summed E-state index contributed by atoms with van der Waals surface area (Å²) in [5.74, 6) is 0.451. The van der Waals surface area contributed by atoms with E-state index in [0.717, 1.165) is 13.0 Å². The average molecular weight is 185 g/mol. The topological polar surface area (TPSA) is 32.3 Å². The molecule has 1 saturated carbocycles. The van der Waals surface area contributed by atoms with Crippen molar-refractivity contribution in [3.8, 4) is 0 Å². The van der Waals surface area contributed by atoms with Gasteiger partial charge in [-0.15, -0.1) is 0 Å². The van der Waals surface area contributed by atoms with Crippen LogP contribution in [0.4, 0.5) is 0 Å². The zero-order valence-corrected chi connectivity index (χ0v) is 9.14. The molecule has 0 bridgehead atoms. The maximum absolute atomic E-state index is 10.3. The quantitative estimate of drug-likeness (QED) is 0.704. The van der Waals surface area contributed by atoms with Gasteiger partial charge < -0.3 is 10.4 Å². The minimum absolute atomic E-state index is 0.442. The smallest absolute Gasteiger partial charge is 0.0796 e. The normalized spacial score (nSPS) is 35.3. The van der Waals surface area contributed by atoms with E-state index >= 15 is 0 Å². The highest BCUT2D eigenvalue weighted by Gasteiger charge is 2.35. The van der Waals surface area contributed by atoms with Crippen LogP contribution in [-0.4, -0.2) is 23.3 Å². The van der Waals surface area contributed by atoms with E-state index in [9.17, 15) is 5.11 Å². The first-order valence-electron chi connectivity index (χ1n) is 5.50. The summed E-state index contributed by atoms with van der Waals surface area (Å²) in [5, 5.41) is 13.7. The molecular weight excluding hydrogens is 162 g/mol. The molecule has 1 aliphatic rings. The molecule has 13 heavy (non-hydrogen) atoms. The molecule has 78 valence electrons. The number of hydrogen-bond donors (Lipinski definition) is 2. The third-order valence-electron chi connectivity index (χ3n) is 3.23. The third kappa shape index (κ3) is 2.96. The molecule has 0 aromatic heterocycles. The Balaban J connectivity index is 2.42. The Morgan fingerprint density at radius 2 is 2.15 bits per heavy atom. The van der Waals surface area contributed by atoms with E-state index in [1.807, 2.05) is 0 Å². The first kappa shape index (κ1) is 11.0. The lowest BCUT2D eigenvalue weighted by Crippen LogP contribution is -2.49. The number of hydrogen-bond acceptors (Lipinski definition) is 2. The highest BCUT2D eigenvalue weighted by Crippen LogP contribution is 2.32. The predicted octanol–water partition coefficient (Wildman–Crippen LogP) is 1.93. The number of rotatable bonds is 3. The number of nitrogens with one attached hydrogen (secondary N) is 1. The summed E-state index contributed by atoms with van der Waals surface area (Å²) >= 11 is 0. The van der Waals surface area contributed by atoms with Crippen LogP contribution in [0.15, 0.2) is 0 Å². The molecule has 0 aromatic carbocycles. The van der Waals surface area contributed by atoms with Crippen LogP contribution < -0.4 is 5.32 Å². The standard InChI is InChI=1S/C11H23NO/c1-9(2)12-8-11(13)7-5-4-6-10(11)3/h9-10,12-13H,4-8H2,1-3H3. The molecule has 2 unspecified atom stereocenters. The summed E-state index contributed by atoms with van der Waals surface area (Å²) in [5.41, 5.74) is -0.442. The first-order chi connectivity index (χ1) is 6.04. The van der Waals surface area contributed by atoms with Crippen molar-refractivity contribution in [1.29, 1.82) is 0 Å². The fourth-order valence-electron chi connectivity index (χ4n) is 2.04. The van der Waals surface area contributed by atoms with Gasteiger partial charge in [0, 0.05) is 12.6 Å². The third-order valence-corrected chi connectivity index (χ3v) is 3.23. The van der Waals surface area contributed by atoms with Gasteiger partial charge in [-0.25, -0.2) is 0 Å². The highest BCUT2D eigenvalue weighted by molar-refractivity contribution is 4.89. The lowest BCUT2D eigenvalue weighted by atomic mass is 9.76. The molecule has 2 N–H and O–H groups in total. The molecular formula is C11H23NO. The molecule has 1 aliphatic carbocycles. The Morgan fingerprint density at radius 1 is 1.46 bits per heavy atom. The van der Waals surface area contributed by atoms with Gasteiger partial charge in [0.15, 0.2) is 0 Å². The monoisotopic (exact) mass is 185 g/mol. The lowest BCUT2D eigenvalue weighted by Gasteiger charge is -2.38. The molecule has 2 heteroatoms. The predicted molar refractivity (Wildman–Crippen MR) is 55.7 cm³/mol. The van der Waals surface area contributed by atoms with E-state index < -0.39 is 5.60 Å². The Hall–Kier alpha value is -0.0800. The molecule has 0 saturated heterocycles. The second-order valence-corrected chi connectivity index (χ2v) is 4.79. The van der Waals surface area contributed by atoms with E-state index in [1.165, 1.54) is 19.3 Å². The van der Waals surface area contributed by atoms with Gasteiger partial charge >= 0.3 is 0 Å². The largest absolute Gasteiger partial charge is 0.388 e. The van der Waals surface area contributed by atoms with Crippen molar-refractivity contribution in [3.05, 3.63) is 0 Å². The van der Waals surface area contributed by atoms with E-state index in [0.29, 0.717) is 12.0 Å². The van der Waals surface area contributed by atoms with Crippen LogP contribution in [0.3, 0.4) is 0 Å². The van der Waals surface area contributed by atoms with Gasteiger partial charge in [0.2, 0.25) is 0 Å². The Labute approximate surface area is 81.7 Å². The average Bonchev–Trinajstić information content (AvgIpc) is 2.07. The fourth-order valence-corrected chi connectivity index (χ4v) is 2.04. The molecule has 2 nitrogen and oxygen atoms in total. The first-order valence-corrected chi connectivity index (χ1v) is 5.50. The maximum atomic E-state index is 10.3. The van der Waals surface area contributed by atoms with Crippen LogP contribution in [0.2, 0.25) is 0 Å². The van der Waals surface area contributed by atoms with Crippen molar-refractivity contribution < 1.29 is 5.11 Å². The summed E-state index contributed by atoms with van der Waals surface area (Å²) in [4.78, 5) is 0. The SMILES string of the molecule is CC(C)NCC1(O)CCCCC1C. The minimum Gasteiger partial charge on any atom is -0.388 e. The maximum Gasteiger partial charge on any atom is 0.0796 e. The van der Waals surface area contributed by atoms with Crippen LogP contribution in [-0.2, 0) is 0 Å². The van der Waals surface area contributed by atoms with Crippen molar-refractivity contribution in [1.82, 2.24) is 5.32 Å². The highest BCUT2D eigenvalue weighted by atomic mass is 16.3. The summed E-state index contributed by atoms with van der Waals surface area (Å²) in [6.07, 6.45) is 4.61. The second kappa shape index (κ2) is 4.43. The summed E-state index contributed by atoms with van der Waals surface area (Å²) in [6.45, 7) is 7.17. The number of aliphatic hydroxyl groups is 1. The van der Waals surface area contributed by atoms with Gasteiger partial charge in [-0.1, -0.05) is 33.6 Å². The van der Waals surface area contributed by atoms with E-state index in [2.05, 4.69) is 26.1 Å². The molecule has 0 heterocycles. The van der Waals surface area contributed by atoms with E-state index in [-0.39, 0.29) is 0 Å². The Kier molecular flexibility index (Phi) is 3.74. The van der Waals surface area contributed by atoms with Gasteiger partial charge in [-0.3, -0.25) is 0 Å². The Bertz CT molecular complexity index is 158. The van der Waals surface area contributed by atoms with Crippen molar-refractivity contribution in [3.63, 3.8) is 0 Å². The second-order valence-electron chi connectivity index (χ2n) is 4.79. The van der Waals surface area contributed by atoms with Gasteiger partial charge in [0.1, 0.15) is 0 Å². The van der Waals surface area contributed by atoms with E-state index in [4.69, 9.17) is 0 Å². The van der Waals surface area contributed by atoms with Gasteiger partial charge in [0.05, 0.1) is 5.60 Å². The molecule has 0 aliphatic heterocycles. The zero-order valence-electron chi connectivity index (χ0n) is 9.14. The molecule has 1 fully saturated rings. The fraction of sp³-hybridized carbons (Fsp3) is 1.00. The molecule has 0 aromatic rings. The van der Waals surface area contributed by atoms with Gasteiger partial charge in [0.25, 0.3) is 0 Å². The minimum atomic E-state index is -0.442. The van der Waals surface area contributed by atoms with Crippen LogP contribution in [0, 0.1) is 5.92 Å².